The van der Waals surface area contributed by atoms with Crippen molar-refractivity contribution >= 4 is 0 Å². The third-order valence-corrected chi connectivity index (χ3v) is 3.89. The van der Waals surface area contributed by atoms with E-state index in [1.165, 1.54) is 45.1 Å². The molecule has 1 saturated carbocycles. The molecule has 0 radical (unpaired) electrons. The van der Waals surface area contributed by atoms with E-state index in [0.29, 0.717) is 0 Å². The fraction of sp³-hybridized carbons (Fsp3) is 1.00. The summed E-state index contributed by atoms with van der Waals surface area (Å²) >= 11 is 0. The van der Waals surface area contributed by atoms with Gasteiger partial charge in [0, 0.05) is 18.2 Å². The lowest BCUT2D eigenvalue weighted by Crippen LogP contribution is -2.42. The van der Waals surface area contributed by atoms with Crippen molar-refractivity contribution in [2.75, 3.05) is 33.9 Å². The molecule has 0 amide bonds. The summed E-state index contributed by atoms with van der Waals surface area (Å²) in [6.07, 6.45) is 7.95. The highest BCUT2D eigenvalue weighted by Gasteiger charge is 2.20. The Bertz CT molecular complexity index is 213. The summed E-state index contributed by atoms with van der Waals surface area (Å²) in [6.45, 7) is 7.38. The zero-order valence-corrected chi connectivity index (χ0v) is 12.8. The molecule has 1 rings (SSSR count). The van der Waals surface area contributed by atoms with E-state index in [1.54, 1.807) is 0 Å². The van der Waals surface area contributed by atoms with Crippen LogP contribution < -0.4 is 5.32 Å². The van der Waals surface area contributed by atoms with Crippen LogP contribution in [0.4, 0.5) is 0 Å². The van der Waals surface area contributed by atoms with Crippen LogP contribution in [-0.4, -0.2) is 50.3 Å². The van der Waals surface area contributed by atoms with Crippen LogP contribution in [0.2, 0.25) is 0 Å². The second-order valence-electron chi connectivity index (χ2n) is 6.40. The van der Waals surface area contributed by atoms with Gasteiger partial charge in [-0.25, -0.2) is 0 Å². The first-order valence-electron chi connectivity index (χ1n) is 7.51. The SMILES string of the molecule is CN(C)C(C)(C)COCCCCCCNC1CC1. The number of nitrogens with zero attached hydrogens (tertiary/aromatic N) is 1. The Morgan fingerprint density at radius 3 is 2.39 bits per heavy atom. The first-order chi connectivity index (χ1) is 8.52. The maximum absolute atomic E-state index is 5.76. The van der Waals surface area contributed by atoms with Crippen LogP contribution >= 0.6 is 0 Å². The van der Waals surface area contributed by atoms with Crippen molar-refractivity contribution in [2.45, 2.75) is 64.0 Å². The Kier molecular flexibility index (Phi) is 7.20. The summed E-state index contributed by atoms with van der Waals surface area (Å²) in [7, 11) is 4.21. The minimum Gasteiger partial charge on any atom is -0.380 e. The van der Waals surface area contributed by atoms with Crippen LogP contribution in [0.15, 0.2) is 0 Å². The van der Waals surface area contributed by atoms with Crippen molar-refractivity contribution in [3.05, 3.63) is 0 Å². The van der Waals surface area contributed by atoms with E-state index in [0.717, 1.165) is 19.3 Å². The molecule has 1 aliphatic carbocycles. The zero-order valence-electron chi connectivity index (χ0n) is 12.8. The predicted molar refractivity (Wildman–Crippen MR) is 78.1 cm³/mol. The van der Waals surface area contributed by atoms with Gasteiger partial charge in [0.15, 0.2) is 0 Å². The average molecular weight is 256 g/mol. The largest absolute Gasteiger partial charge is 0.380 e. The van der Waals surface area contributed by atoms with Gasteiger partial charge in [0.1, 0.15) is 0 Å². The molecule has 0 aliphatic heterocycles. The van der Waals surface area contributed by atoms with Gasteiger partial charge in [-0.15, -0.1) is 0 Å². The number of hydrogen-bond acceptors (Lipinski definition) is 3. The van der Waals surface area contributed by atoms with Crippen LogP contribution in [0.3, 0.4) is 0 Å². The number of likely N-dealkylation sites (N-methyl/N-ethyl adjacent to an activating group) is 1. The van der Waals surface area contributed by atoms with Crippen LogP contribution in [0.1, 0.15) is 52.4 Å². The summed E-state index contributed by atoms with van der Waals surface area (Å²) < 4.78 is 5.76. The number of unbranched alkanes of at least 4 members (excludes halogenated alkanes) is 3. The zero-order chi connectivity index (χ0) is 13.4. The summed E-state index contributed by atoms with van der Waals surface area (Å²) in [5.74, 6) is 0. The van der Waals surface area contributed by atoms with E-state index in [2.05, 4.69) is 38.2 Å². The molecule has 0 saturated heterocycles. The normalized spacial score (nSPS) is 16.5. The van der Waals surface area contributed by atoms with Gasteiger partial charge in [0.05, 0.1) is 6.61 Å². The number of nitrogens with one attached hydrogen (secondary N) is 1. The Balaban J connectivity index is 1.80. The monoisotopic (exact) mass is 256 g/mol. The summed E-state index contributed by atoms with van der Waals surface area (Å²) in [4.78, 5) is 2.22. The van der Waals surface area contributed by atoms with Gasteiger partial charge in [-0.2, -0.15) is 0 Å². The molecule has 0 bridgehead atoms. The highest BCUT2D eigenvalue weighted by molar-refractivity contribution is 4.80. The molecule has 0 unspecified atom stereocenters. The lowest BCUT2D eigenvalue weighted by molar-refractivity contribution is 0.0345. The molecule has 1 fully saturated rings. The topological polar surface area (TPSA) is 24.5 Å². The van der Waals surface area contributed by atoms with Crippen molar-refractivity contribution in [3.8, 4) is 0 Å². The lowest BCUT2D eigenvalue weighted by atomic mass is 10.1. The Labute approximate surface area is 113 Å². The molecule has 18 heavy (non-hydrogen) atoms. The quantitative estimate of drug-likeness (QED) is 0.575. The molecular formula is C15H32N2O. The van der Waals surface area contributed by atoms with E-state index in [-0.39, 0.29) is 5.54 Å². The highest BCUT2D eigenvalue weighted by Crippen LogP contribution is 2.18. The molecule has 0 aromatic rings. The molecule has 0 heterocycles. The molecule has 1 aliphatic rings. The van der Waals surface area contributed by atoms with Gasteiger partial charge in [-0.1, -0.05) is 12.8 Å². The molecule has 108 valence electrons. The minimum atomic E-state index is 0.147. The maximum Gasteiger partial charge on any atom is 0.0644 e. The Morgan fingerprint density at radius 2 is 1.78 bits per heavy atom. The maximum atomic E-state index is 5.76. The minimum absolute atomic E-state index is 0.147. The molecule has 3 nitrogen and oxygen atoms in total. The van der Waals surface area contributed by atoms with Crippen LogP contribution in [0.25, 0.3) is 0 Å². The molecule has 0 aromatic heterocycles. The highest BCUT2D eigenvalue weighted by atomic mass is 16.5. The van der Waals surface area contributed by atoms with Crippen molar-refractivity contribution in [1.82, 2.24) is 10.2 Å². The van der Waals surface area contributed by atoms with Gasteiger partial charge in [0.25, 0.3) is 0 Å². The first kappa shape index (κ1) is 15.9. The van der Waals surface area contributed by atoms with Crippen LogP contribution in [-0.2, 0) is 4.74 Å². The standard InChI is InChI=1S/C15H32N2O/c1-15(2,17(3)4)13-18-12-8-6-5-7-11-16-14-9-10-14/h14,16H,5-13H2,1-4H3. The van der Waals surface area contributed by atoms with E-state index in [9.17, 15) is 0 Å². The number of ether oxygens (including phenoxy) is 1. The van der Waals surface area contributed by atoms with Gasteiger partial charge in [-0.05, 0) is 60.2 Å². The van der Waals surface area contributed by atoms with Crippen molar-refractivity contribution < 1.29 is 4.74 Å². The average Bonchev–Trinajstić information content (AvgIpc) is 3.10. The molecule has 0 atom stereocenters. The molecule has 0 spiro atoms. The van der Waals surface area contributed by atoms with Crippen LogP contribution in [0.5, 0.6) is 0 Å². The first-order valence-corrected chi connectivity index (χ1v) is 7.51. The second kappa shape index (κ2) is 8.13. The van der Waals surface area contributed by atoms with Crippen molar-refractivity contribution in [2.24, 2.45) is 0 Å². The van der Waals surface area contributed by atoms with E-state index >= 15 is 0 Å². The number of hydrogen-bond donors (Lipinski definition) is 1. The van der Waals surface area contributed by atoms with E-state index in [1.807, 2.05) is 0 Å². The Morgan fingerprint density at radius 1 is 1.11 bits per heavy atom. The van der Waals surface area contributed by atoms with Crippen molar-refractivity contribution in [1.29, 1.82) is 0 Å². The lowest BCUT2D eigenvalue weighted by Gasteiger charge is -2.32. The van der Waals surface area contributed by atoms with Gasteiger partial charge in [0.2, 0.25) is 0 Å². The summed E-state index contributed by atoms with van der Waals surface area (Å²) in [5.41, 5.74) is 0.147. The summed E-state index contributed by atoms with van der Waals surface area (Å²) in [6, 6.07) is 0.863. The van der Waals surface area contributed by atoms with Crippen LogP contribution in [0, 0.1) is 0 Å². The molecular weight excluding hydrogens is 224 g/mol. The predicted octanol–water partition coefficient (Wildman–Crippen LogP) is 2.66. The molecule has 0 aromatic carbocycles. The molecule has 1 N–H and O–H groups in total. The molecule has 3 heteroatoms. The Hall–Kier alpha value is -0.120. The number of rotatable bonds is 11. The third kappa shape index (κ3) is 7.34. The van der Waals surface area contributed by atoms with E-state index in [4.69, 9.17) is 4.74 Å². The fourth-order valence-electron chi connectivity index (χ4n) is 1.73. The fourth-order valence-corrected chi connectivity index (χ4v) is 1.73. The van der Waals surface area contributed by atoms with Gasteiger partial charge < -0.3 is 15.0 Å². The summed E-state index contributed by atoms with van der Waals surface area (Å²) in [5, 5.41) is 3.55. The third-order valence-electron chi connectivity index (χ3n) is 3.89. The van der Waals surface area contributed by atoms with Gasteiger partial charge >= 0.3 is 0 Å². The second-order valence-corrected chi connectivity index (χ2v) is 6.40. The van der Waals surface area contributed by atoms with Crippen molar-refractivity contribution in [3.63, 3.8) is 0 Å². The van der Waals surface area contributed by atoms with E-state index < -0.39 is 0 Å². The smallest absolute Gasteiger partial charge is 0.0644 e. The van der Waals surface area contributed by atoms with Gasteiger partial charge in [-0.3, -0.25) is 0 Å².